The lowest BCUT2D eigenvalue weighted by atomic mass is 10.1. The van der Waals surface area contributed by atoms with Crippen molar-refractivity contribution < 1.29 is 24.2 Å². The smallest absolute Gasteiger partial charge is 0.267 e. The zero-order valence-corrected chi connectivity index (χ0v) is 26.5. The molecule has 1 fully saturated rings. The first-order valence-electron chi connectivity index (χ1n) is 15.8. The van der Waals surface area contributed by atoms with Crippen molar-refractivity contribution in [3.05, 3.63) is 83.1 Å². The number of aliphatic hydroxyl groups is 1. The Morgan fingerprint density at radius 1 is 1.11 bits per heavy atom. The maximum absolute atomic E-state index is 13.2. The fourth-order valence-electron chi connectivity index (χ4n) is 6.32. The van der Waals surface area contributed by atoms with Gasteiger partial charge in [-0.25, -0.2) is 0 Å². The summed E-state index contributed by atoms with van der Waals surface area (Å²) in [5, 5.41) is 17.3. The maximum Gasteiger partial charge on any atom is 0.267 e. The summed E-state index contributed by atoms with van der Waals surface area (Å²) < 4.78 is 11.1. The molecular formula is C35H45N5O5. The van der Waals surface area contributed by atoms with E-state index in [9.17, 15) is 14.7 Å². The molecule has 240 valence electrons. The molecule has 10 nitrogen and oxygen atoms in total. The van der Waals surface area contributed by atoms with Gasteiger partial charge in [-0.15, -0.1) is 0 Å². The SMILES string of the molecule is COc1ccc(CN(CC(O)CNC(=O)C2=CC=CCC(=NC3CCN(C(C)=O)CC3)N2)C2Cc3ccccc3C2)c(OC)c1. The van der Waals surface area contributed by atoms with E-state index < -0.39 is 6.10 Å². The number of rotatable bonds is 11. The van der Waals surface area contributed by atoms with Gasteiger partial charge in [-0.1, -0.05) is 42.5 Å². The second kappa shape index (κ2) is 15.2. The van der Waals surface area contributed by atoms with Crippen LogP contribution in [-0.4, -0.2) is 91.1 Å². The summed E-state index contributed by atoms with van der Waals surface area (Å²) in [6, 6.07) is 14.6. The number of benzene rings is 2. The first-order valence-corrected chi connectivity index (χ1v) is 15.8. The second-order valence-electron chi connectivity index (χ2n) is 12.0. The predicted molar refractivity (Wildman–Crippen MR) is 174 cm³/mol. The van der Waals surface area contributed by atoms with E-state index in [-0.39, 0.29) is 30.4 Å². The van der Waals surface area contributed by atoms with Crippen molar-refractivity contribution in [1.29, 1.82) is 0 Å². The Kier molecular flexibility index (Phi) is 10.9. The average Bonchev–Trinajstić information content (AvgIpc) is 3.35. The highest BCUT2D eigenvalue weighted by Gasteiger charge is 2.29. The summed E-state index contributed by atoms with van der Waals surface area (Å²) in [5.41, 5.74) is 4.06. The molecule has 1 saturated heterocycles. The number of carbonyl (C=O) groups is 2. The van der Waals surface area contributed by atoms with E-state index in [0.717, 1.165) is 48.6 Å². The molecular weight excluding hydrogens is 570 g/mol. The summed E-state index contributed by atoms with van der Waals surface area (Å²) in [6.45, 7) is 4.06. The van der Waals surface area contributed by atoms with E-state index >= 15 is 0 Å². The normalized spacial score (nSPS) is 18.6. The van der Waals surface area contributed by atoms with E-state index in [1.54, 1.807) is 27.2 Å². The molecule has 1 atom stereocenters. The molecule has 10 heteroatoms. The van der Waals surface area contributed by atoms with Crippen LogP contribution in [0.1, 0.15) is 42.9 Å². The van der Waals surface area contributed by atoms with Gasteiger partial charge in [0.15, 0.2) is 0 Å². The molecule has 1 unspecified atom stereocenters. The lowest BCUT2D eigenvalue weighted by Crippen LogP contribution is -2.45. The molecule has 0 spiro atoms. The van der Waals surface area contributed by atoms with Gasteiger partial charge < -0.3 is 30.1 Å². The van der Waals surface area contributed by atoms with Crippen LogP contribution in [0.15, 0.2) is 71.4 Å². The molecule has 0 aromatic heterocycles. The van der Waals surface area contributed by atoms with E-state index in [1.165, 1.54) is 11.1 Å². The highest BCUT2D eigenvalue weighted by molar-refractivity contribution is 5.99. The maximum atomic E-state index is 13.2. The van der Waals surface area contributed by atoms with Crippen LogP contribution < -0.4 is 20.1 Å². The van der Waals surface area contributed by atoms with E-state index in [4.69, 9.17) is 14.5 Å². The van der Waals surface area contributed by atoms with Crippen LogP contribution in [-0.2, 0) is 29.0 Å². The molecule has 2 heterocycles. The number of fused-ring (bicyclic) bond motifs is 1. The van der Waals surface area contributed by atoms with Crippen LogP contribution in [0.25, 0.3) is 0 Å². The molecule has 45 heavy (non-hydrogen) atoms. The highest BCUT2D eigenvalue weighted by Crippen LogP contribution is 2.30. The van der Waals surface area contributed by atoms with Crippen molar-refractivity contribution in [2.75, 3.05) is 40.4 Å². The number of ether oxygens (including phenoxy) is 2. The van der Waals surface area contributed by atoms with Gasteiger partial charge in [0.05, 0.1) is 26.4 Å². The van der Waals surface area contributed by atoms with Crippen LogP contribution in [0.4, 0.5) is 0 Å². The molecule has 3 N–H and O–H groups in total. The van der Waals surface area contributed by atoms with Gasteiger partial charge in [-0.3, -0.25) is 19.5 Å². The van der Waals surface area contributed by atoms with Crippen molar-refractivity contribution in [2.24, 2.45) is 4.99 Å². The minimum absolute atomic E-state index is 0.0950. The Morgan fingerprint density at radius 3 is 2.51 bits per heavy atom. The van der Waals surface area contributed by atoms with Crippen molar-refractivity contribution in [1.82, 2.24) is 20.4 Å². The summed E-state index contributed by atoms with van der Waals surface area (Å²) in [6.07, 6.45) is 8.75. The molecule has 2 aliphatic heterocycles. The molecule has 3 aliphatic rings. The first kappa shape index (κ1) is 32.2. The van der Waals surface area contributed by atoms with Crippen LogP contribution in [0.3, 0.4) is 0 Å². The summed E-state index contributed by atoms with van der Waals surface area (Å²) >= 11 is 0. The Morgan fingerprint density at radius 2 is 1.84 bits per heavy atom. The number of nitrogens with zero attached hydrogens (tertiary/aromatic N) is 3. The van der Waals surface area contributed by atoms with E-state index in [0.29, 0.717) is 38.3 Å². The monoisotopic (exact) mass is 615 g/mol. The zero-order valence-electron chi connectivity index (χ0n) is 26.5. The van der Waals surface area contributed by atoms with Crippen LogP contribution >= 0.6 is 0 Å². The number of amidine groups is 1. The van der Waals surface area contributed by atoms with Crippen molar-refractivity contribution in [2.45, 2.75) is 63.8 Å². The molecule has 2 amide bonds. The third-order valence-corrected chi connectivity index (χ3v) is 8.84. The molecule has 0 radical (unpaired) electrons. The fourth-order valence-corrected chi connectivity index (χ4v) is 6.32. The third kappa shape index (κ3) is 8.52. The number of aliphatic imine (C=N–C) groups is 1. The van der Waals surface area contributed by atoms with Gasteiger partial charge in [0.1, 0.15) is 23.0 Å². The average molecular weight is 616 g/mol. The predicted octanol–water partition coefficient (Wildman–Crippen LogP) is 2.99. The number of amides is 2. The number of piperidine rings is 1. The van der Waals surface area contributed by atoms with Gasteiger partial charge in [0.25, 0.3) is 5.91 Å². The molecule has 0 saturated carbocycles. The van der Waals surface area contributed by atoms with Gasteiger partial charge in [0, 0.05) is 63.7 Å². The van der Waals surface area contributed by atoms with Crippen molar-refractivity contribution >= 4 is 17.6 Å². The van der Waals surface area contributed by atoms with Crippen molar-refractivity contribution in [3.8, 4) is 11.5 Å². The number of carbonyl (C=O) groups excluding carboxylic acids is 2. The molecule has 2 aromatic carbocycles. The van der Waals surface area contributed by atoms with Crippen molar-refractivity contribution in [3.63, 3.8) is 0 Å². The van der Waals surface area contributed by atoms with Gasteiger partial charge in [0.2, 0.25) is 5.91 Å². The zero-order chi connectivity index (χ0) is 31.8. The Hall–Kier alpha value is -4.15. The number of nitrogens with one attached hydrogen (secondary N) is 2. The minimum atomic E-state index is -0.788. The standard InChI is InChI=1S/C35H45N5O5/c1-24(41)39-16-14-28(15-17-39)37-34-11-7-6-10-32(38-34)35(43)36-21-30(42)23-40(29-18-25-8-4-5-9-26(25)19-29)22-27-12-13-31(44-2)20-33(27)45-3/h4-10,12-13,20,28-30,42H,11,14-19,21-23H2,1-3H3,(H,36,43)(H,37,38). The molecule has 1 aliphatic carbocycles. The van der Waals surface area contributed by atoms with Gasteiger partial charge >= 0.3 is 0 Å². The highest BCUT2D eigenvalue weighted by atomic mass is 16.5. The number of methoxy groups -OCH3 is 2. The fraction of sp³-hybridized carbons (Fsp3) is 0.457. The minimum Gasteiger partial charge on any atom is -0.497 e. The van der Waals surface area contributed by atoms with Gasteiger partial charge in [-0.05, 0) is 49.0 Å². The largest absolute Gasteiger partial charge is 0.497 e. The lowest BCUT2D eigenvalue weighted by molar-refractivity contribution is -0.129. The number of likely N-dealkylation sites (tertiary alicyclic amines) is 1. The third-order valence-electron chi connectivity index (χ3n) is 8.84. The quantitative estimate of drug-likeness (QED) is 0.356. The van der Waals surface area contributed by atoms with E-state index in [2.05, 4.69) is 39.8 Å². The summed E-state index contributed by atoms with van der Waals surface area (Å²) in [5.74, 6) is 1.99. The Labute approximate surface area is 265 Å². The first-order chi connectivity index (χ1) is 21.8. The van der Waals surface area contributed by atoms with Crippen LogP contribution in [0, 0.1) is 0 Å². The number of hydrogen-bond donors (Lipinski definition) is 3. The van der Waals surface area contributed by atoms with E-state index in [1.807, 2.05) is 35.3 Å². The molecule has 0 bridgehead atoms. The number of hydrogen-bond acceptors (Lipinski definition) is 7. The molecule has 2 aromatic rings. The number of allylic oxidation sites excluding steroid dienone is 2. The number of aliphatic hydroxyl groups excluding tert-OH is 1. The van der Waals surface area contributed by atoms with Crippen LogP contribution in [0.2, 0.25) is 0 Å². The summed E-state index contributed by atoms with van der Waals surface area (Å²) in [7, 11) is 3.28. The Balaban J connectivity index is 1.20. The molecule has 5 rings (SSSR count). The van der Waals surface area contributed by atoms with Crippen LogP contribution in [0.5, 0.6) is 11.5 Å². The van der Waals surface area contributed by atoms with Gasteiger partial charge in [-0.2, -0.15) is 0 Å². The second-order valence-corrected chi connectivity index (χ2v) is 12.0. The lowest BCUT2D eigenvalue weighted by Gasteiger charge is -2.31. The Bertz CT molecular complexity index is 1420. The topological polar surface area (TPSA) is 116 Å². The summed E-state index contributed by atoms with van der Waals surface area (Å²) in [4.78, 5) is 33.9.